The lowest BCUT2D eigenvalue weighted by Crippen LogP contribution is -2.23. The summed E-state index contributed by atoms with van der Waals surface area (Å²) in [5.41, 5.74) is 1.61. The van der Waals surface area contributed by atoms with Crippen molar-refractivity contribution in [3.05, 3.63) is 11.8 Å². The number of rotatable bonds is 4. The third-order valence-corrected chi connectivity index (χ3v) is 3.33. The normalized spacial score (nSPS) is 14.3. The van der Waals surface area contributed by atoms with Gasteiger partial charge in [-0.2, -0.15) is 5.10 Å². The zero-order chi connectivity index (χ0) is 14.2. The van der Waals surface area contributed by atoms with E-state index in [1.807, 2.05) is 20.0 Å². The highest BCUT2D eigenvalue weighted by Crippen LogP contribution is 2.23. The highest BCUT2D eigenvalue weighted by molar-refractivity contribution is 5.70. The molecule has 0 spiro atoms. The van der Waals surface area contributed by atoms with Gasteiger partial charge in [0.05, 0.1) is 12.0 Å². The molecule has 19 heavy (non-hydrogen) atoms. The third-order valence-electron chi connectivity index (χ3n) is 3.33. The van der Waals surface area contributed by atoms with Crippen LogP contribution in [0.25, 0.3) is 11.5 Å². The van der Waals surface area contributed by atoms with Crippen LogP contribution in [-0.4, -0.2) is 41.1 Å². The Hall–Kier alpha value is -2.25. The lowest BCUT2D eigenvalue weighted by atomic mass is 10.0. The fourth-order valence-corrected chi connectivity index (χ4v) is 1.72. The first-order valence-electron chi connectivity index (χ1n) is 5.93. The van der Waals surface area contributed by atoms with E-state index in [-0.39, 0.29) is 6.04 Å². The maximum Gasteiger partial charge on any atom is 0.308 e. The molecular weight excluding hydrogens is 248 g/mol. The molecule has 8 nitrogen and oxygen atoms in total. The van der Waals surface area contributed by atoms with Gasteiger partial charge in [-0.25, -0.2) is 4.68 Å². The van der Waals surface area contributed by atoms with Crippen molar-refractivity contribution in [2.45, 2.75) is 26.8 Å². The van der Waals surface area contributed by atoms with Gasteiger partial charge >= 0.3 is 5.97 Å². The van der Waals surface area contributed by atoms with Crippen molar-refractivity contribution >= 4 is 5.97 Å². The molecule has 0 bridgehead atoms. The highest BCUT2D eigenvalue weighted by Gasteiger charge is 2.25. The average Bonchev–Trinajstić information content (AvgIpc) is 2.95. The molecule has 0 saturated heterocycles. The van der Waals surface area contributed by atoms with Crippen LogP contribution in [0.15, 0.2) is 6.07 Å². The van der Waals surface area contributed by atoms with Gasteiger partial charge in [0.15, 0.2) is 0 Å². The monoisotopic (exact) mass is 264 g/mol. The average molecular weight is 264 g/mol. The number of tetrazole rings is 1. The number of carboxylic acid groups (broad SMARTS) is 1. The second kappa shape index (κ2) is 4.79. The minimum atomic E-state index is -0.883. The molecule has 0 aliphatic heterocycles. The minimum Gasteiger partial charge on any atom is -0.481 e. The van der Waals surface area contributed by atoms with E-state index in [1.54, 1.807) is 18.5 Å². The van der Waals surface area contributed by atoms with Crippen LogP contribution in [0.5, 0.6) is 0 Å². The number of carbonyl (C=O) groups is 1. The smallest absolute Gasteiger partial charge is 0.308 e. The largest absolute Gasteiger partial charge is 0.481 e. The van der Waals surface area contributed by atoms with E-state index in [1.165, 1.54) is 4.68 Å². The molecule has 102 valence electrons. The Bertz CT molecular complexity index is 583. The van der Waals surface area contributed by atoms with Crippen LogP contribution in [0.2, 0.25) is 0 Å². The Kier molecular flexibility index (Phi) is 3.32. The lowest BCUT2D eigenvalue weighted by Gasteiger charge is -2.16. The first-order chi connectivity index (χ1) is 8.91. The van der Waals surface area contributed by atoms with E-state index < -0.39 is 11.9 Å². The first kappa shape index (κ1) is 13.2. The molecule has 2 unspecified atom stereocenters. The summed E-state index contributed by atoms with van der Waals surface area (Å²) in [4.78, 5) is 11.0. The molecule has 2 aromatic rings. The van der Waals surface area contributed by atoms with Crippen molar-refractivity contribution in [1.29, 1.82) is 0 Å². The predicted octanol–water partition coefficient (Wildman–Crippen LogP) is 0.664. The van der Waals surface area contributed by atoms with E-state index in [2.05, 4.69) is 20.6 Å². The highest BCUT2D eigenvalue weighted by atomic mass is 16.4. The van der Waals surface area contributed by atoms with Gasteiger partial charge in [0.25, 0.3) is 0 Å². The van der Waals surface area contributed by atoms with Crippen LogP contribution < -0.4 is 0 Å². The van der Waals surface area contributed by atoms with Crippen molar-refractivity contribution in [3.8, 4) is 11.5 Å². The number of hydrogen-bond acceptors (Lipinski definition) is 5. The van der Waals surface area contributed by atoms with Gasteiger partial charge < -0.3 is 5.11 Å². The minimum absolute atomic E-state index is 0.357. The van der Waals surface area contributed by atoms with Crippen molar-refractivity contribution < 1.29 is 9.90 Å². The molecule has 1 N–H and O–H groups in total. The van der Waals surface area contributed by atoms with Gasteiger partial charge in [-0.05, 0) is 37.3 Å². The van der Waals surface area contributed by atoms with Gasteiger partial charge in [0.1, 0.15) is 5.69 Å². The second-order valence-electron chi connectivity index (χ2n) is 4.61. The fraction of sp³-hybridized carbons (Fsp3) is 0.545. The molecule has 0 aliphatic rings. The molecule has 0 amide bonds. The van der Waals surface area contributed by atoms with Crippen LogP contribution in [0, 0.1) is 12.8 Å². The number of aromatic nitrogens is 6. The van der Waals surface area contributed by atoms with Crippen LogP contribution >= 0.6 is 0 Å². The number of aryl methyl sites for hydroxylation is 2. The Labute approximate surface area is 110 Å². The van der Waals surface area contributed by atoms with Crippen LogP contribution in [0.4, 0.5) is 0 Å². The maximum absolute atomic E-state index is 11.0. The SMILES string of the molecule is Cc1cc(-c2nnnn2C(C)C(C)C(=O)O)nn1C. The van der Waals surface area contributed by atoms with E-state index in [0.29, 0.717) is 11.5 Å². The van der Waals surface area contributed by atoms with E-state index in [9.17, 15) is 4.79 Å². The Morgan fingerprint density at radius 3 is 2.63 bits per heavy atom. The van der Waals surface area contributed by atoms with Crippen LogP contribution in [0.1, 0.15) is 25.6 Å². The summed E-state index contributed by atoms with van der Waals surface area (Å²) in [5.74, 6) is -0.998. The van der Waals surface area contributed by atoms with Crippen molar-refractivity contribution in [3.63, 3.8) is 0 Å². The van der Waals surface area contributed by atoms with Crippen molar-refractivity contribution in [2.75, 3.05) is 0 Å². The molecule has 0 aromatic carbocycles. The molecule has 0 fully saturated rings. The first-order valence-corrected chi connectivity index (χ1v) is 5.93. The topological polar surface area (TPSA) is 98.7 Å². The summed E-state index contributed by atoms with van der Waals surface area (Å²) in [6.07, 6.45) is 0. The Balaban J connectivity index is 2.40. The molecular formula is C11H16N6O2. The summed E-state index contributed by atoms with van der Waals surface area (Å²) in [6, 6.07) is 1.50. The lowest BCUT2D eigenvalue weighted by molar-refractivity contribution is -0.142. The number of nitrogens with zero attached hydrogens (tertiary/aromatic N) is 6. The van der Waals surface area contributed by atoms with E-state index >= 15 is 0 Å². The Morgan fingerprint density at radius 1 is 1.42 bits per heavy atom. The quantitative estimate of drug-likeness (QED) is 0.871. The number of hydrogen-bond donors (Lipinski definition) is 1. The standard InChI is InChI=1S/C11H16N6O2/c1-6-5-9(13-16(6)4)10-12-14-15-17(10)8(3)7(2)11(18)19/h5,7-8H,1-4H3,(H,18,19). The van der Waals surface area contributed by atoms with Gasteiger partial charge in [-0.3, -0.25) is 9.48 Å². The molecule has 0 aliphatic carbocycles. The van der Waals surface area contributed by atoms with Crippen LogP contribution in [0.3, 0.4) is 0 Å². The molecule has 2 atom stereocenters. The van der Waals surface area contributed by atoms with Gasteiger partial charge in [-0.15, -0.1) is 5.10 Å². The van der Waals surface area contributed by atoms with Gasteiger partial charge in [0.2, 0.25) is 5.82 Å². The zero-order valence-electron chi connectivity index (χ0n) is 11.3. The molecule has 2 rings (SSSR count). The van der Waals surface area contributed by atoms with Crippen LogP contribution in [-0.2, 0) is 11.8 Å². The molecule has 2 heterocycles. The van der Waals surface area contributed by atoms with Gasteiger partial charge in [-0.1, -0.05) is 0 Å². The Morgan fingerprint density at radius 2 is 2.11 bits per heavy atom. The fourth-order valence-electron chi connectivity index (χ4n) is 1.72. The van der Waals surface area contributed by atoms with Crippen molar-refractivity contribution in [1.82, 2.24) is 30.0 Å². The maximum atomic E-state index is 11.0. The molecule has 2 aromatic heterocycles. The second-order valence-corrected chi connectivity index (χ2v) is 4.61. The number of aliphatic carboxylic acids is 1. The van der Waals surface area contributed by atoms with Gasteiger partial charge in [0, 0.05) is 12.7 Å². The predicted molar refractivity (Wildman–Crippen MR) is 66.3 cm³/mol. The zero-order valence-corrected chi connectivity index (χ0v) is 11.3. The summed E-state index contributed by atoms with van der Waals surface area (Å²) >= 11 is 0. The summed E-state index contributed by atoms with van der Waals surface area (Å²) in [5, 5.41) is 24.8. The molecule has 0 saturated carbocycles. The summed E-state index contributed by atoms with van der Waals surface area (Å²) < 4.78 is 3.22. The van der Waals surface area contributed by atoms with E-state index in [4.69, 9.17) is 5.11 Å². The number of carboxylic acids is 1. The van der Waals surface area contributed by atoms with Crippen molar-refractivity contribution in [2.24, 2.45) is 13.0 Å². The summed E-state index contributed by atoms with van der Waals surface area (Å²) in [7, 11) is 1.83. The molecule has 8 heteroatoms. The molecule has 0 radical (unpaired) electrons. The third kappa shape index (κ3) is 2.33. The van der Waals surface area contributed by atoms with E-state index in [0.717, 1.165) is 5.69 Å². The summed E-state index contributed by atoms with van der Waals surface area (Å²) in [6.45, 7) is 5.32.